The average Bonchev–Trinajstić information content (AvgIpc) is 2.68. The maximum Gasteiger partial charge on any atom is 0.410 e. The van der Waals surface area contributed by atoms with Gasteiger partial charge in [-0.25, -0.2) is 4.79 Å². The minimum absolute atomic E-state index is 0.111. The van der Waals surface area contributed by atoms with Crippen LogP contribution >= 0.6 is 23.2 Å². The lowest BCUT2D eigenvalue weighted by Crippen LogP contribution is -2.53. The van der Waals surface area contributed by atoms with Crippen LogP contribution < -0.4 is 0 Å². The summed E-state index contributed by atoms with van der Waals surface area (Å²) in [5.74, 6) is 0. The Bertz CT molecular complexity index is 807. The molecule has 1 amide bonds. The first-order valence-corrected chi connectivity index (χ1v) is 15.5. The van der Waals surface area contributed by atoms with Gasteiger partial charge in [0, 0.05) is 26.2 Å². The molecule has 0 saturated carbocycles. The molecular weight excluding hydrogens is 493 g/mol. The summed E-state index contributed by atoms with van der Waals surface area (Å²) in [5.41, 5.74) is -0.423. The smallest absolute Gasteiger partial charge is 0.410 e. The number of morpholine rings is 1. The Morgan fingerprint density at radius 1 is 1.18 bits per heavy atom. The van der Waals surface area contributed by atoms with Gasteiger partial charge in [0.15, 0.2) is 8.32 Å². The number of carbonyl (C=O) groups excluding carboxylic acids is 1. The molecule has 1 unspecified atom stereocenters. The van der Waals surface area contributed by atoms with Crippen LogP contribution in [0.5, 0.6) is 0 Å². The van der Waals surface area contributed by atoms with E-state index in [1.54, 1.807) is 17.9 Å². The van der Waals surface area contributed by atoms with E-state index in [1.165, 1.54) is 0 Å². The molecule has 1 aromatic carbocycles. The molecule has 0 aromatic heterocycles. The minimum Gasteiger partial charge on any atom is -0.444 e. The molecule has 1 N–H and O–H groups in total. The van der Waals surface area contributed by atoms with Gasteiger partial charge in [-0.05, 0) is 63.5 Å². The van der Waals surface area contributed by atoms with E-state index in [0.717, 1.165) is 5.56 Å². The molecule has 9 heteroatoms. The molecular formula is C25H43Cl2NO5Si. The molecule has 1 aromatic rings. The van der Waals surface area contributed by atoms with Crippen molar-refractivity contribution in [2.45, 2.75) is 84.2 Å². The largest absolute Gasteiger partial charge is 0.444 e. The maximum atomic E-state index is 12.8. The van der Waals surface area contributed by atoms with Crippen molar-refractivity contribution in [1.29, 1.82) is 0 Å². The Morgan fingerprint density at radius 2 is 1.76 bits per heavy atom. The fraction of sp³-hybridized carbons (Fsp3) is 0.720. The van der Waals surface area contributed by atoms with Gasteiger partial charge in [0.2, 0.25) is 0 Å². The Balaban J connectivity index is 0.00000182. The number of aliphatic hydroxyl groups excluding tert-OH is 1. The summed E-state index contributed by atoms with van der Waals surface area (Å²) in [6.07, 6.45) is 0.252. The number of hydrogen-bond donors (Lipinski definition) is 1. The summed E-state index contributed by atoms with van der Waals surface area (Å²) < 4.78 is 18.4. The first kappa shape index (κ1) is 31.2. The molecule has 1 heterocycles. The molecule has 6 nitrogen and oxygen atoms in total. The highest BCUT2D eigenvalue weighted by Crippen LogP contribution is 2.40. The number of hydrogen-bond acceptors (Lipinski definition) is 5. The summed E-state index contributed by atoms with van der Waals surface area (Å²) in [6.45, 7) is 20.4. The Labute approximate surface area is 217 Å². The fourth-order valence-electron chi connectivity index (χ4n) is 3.20. The van der Waals surface area contributed by atoms with Crippen molar-refractivity contribution in [2.75, 3.05) is 32.9 Å². The van der Waals surface area contributed by atoms with Crippen molar-refractivity contribution in [3.05, 3.63) is 33.8 Å². The highest BCUT2D eigenvalue weighted by Gasteiger charge is 2.43. The van der Waals surface area contributed by atoms with E-state index in [4.69, 9.17) is 42.2 Å². The second kappa shape index (κ2) is 12.4. The fourth-order valence-corrected chi connectivity index (χ4v) is 4.55. The number of rotatable bonds is 5. The van der Waals surface area contributed by atoms with Gasteiger partial charge in [-0.1, -0.05) is 50.0 Å². The van der Waals surface area contributed by atoms with Gasteiger partial charge < -0.3 is 23.9 Å². The van der Waals surface area contributed by atoms with Gasteiger partial charge in [0.05, 0.1) is 23.2 Å². The Morgan fingerprint density at radius 3 is 2.26 bits per heavy atom. The lowest BCUT2D eigenvalue weighted by Gasteiger charge is -2.44. The first-order valence-electron chi connectivity index (χ1n) is 11.8. The zero-order valence-electron chi connectivity index (χ0n) is 22.3. The van der Waals surface area contributed by atoms with E-state index in [0.29, 0.717) is 42.8 Å². The zero-order chi connectivity index (χ0) is 26.4. The maximum absolute atomic E-state index is 12.8. The molecule has 0 spiro atoms. The monoisotopic (exact) mass is 535 g/mol. The van der Waals surface area contributed by atoms with E-state index in [9.17, 15) is 4.79 Å². The zero-order valence-corrected chi connectivity index (χ0v) is 24.8. The molecule has 1 aliphatic heterocycles. The van der Waals surface area contributed by atoms with Gasteiger partial charge in [0.1, 0.15) is 11.2 Å². The lowest BCUT2D eigenvalue weighted by atomic mass is 9.88. The normalized spacial score (nSPS) is 19.4. The predicted molar refractivity (Wildman–Crippen MR) is 142 cm³/mol. The van der Waals surface area contributed by atoms with Crippen LogP contribution in [0, 0.1) is 0 Å². The molecule has 0 radical (unpaired) electrons. The molecule has 1 saturated heterocycles. The molecule has 196 valence electrons. The quantitative estimate of drug-likeness (QED) is 0.416. The third-order valence-corrected chi connectivity index (χ3v) is 11.3. The van der Waals surface area contributed by atoms with Crippen LogP contribution in [0.1, 0.15) is 60.5 Å². The third-order valence-electron chi connectivity index (χ3n) is 6.06. The number of amides is 1. The van der Waals surface area contributed by atoms with Crippen molar-refractivity contribution in [1.82, 2.24) is 4.90 Å². The first-order chi connectivity index (χ1) is 15.5. The van der Waals surface area contributed by atoms with Gasteiger partial charge in [-0.2, -0.15) is 0 Å². The van der Waals surface area contributed by atoms with Crippen LogP contribution in [-0.4, -0.2) is 62.9 Å². The third kappa shape index (κ3) is 8.99. The van der Waals surface area contributed by atoms with Crippen LogP contribution in [0.25, 0.3) is 0 Å². The molecule has 1 aliphatic rings. The molecule has 0 bridgehead atoms. The van der Waals surface area contributed by atoms with Crippen molar-refractivity contribution < 1.29 is 23.8 Å². The van der Waals surface area contributed by atoms with Crippen molar-refractivity contribution >= 4 is 37.6 Å². The molecule has 1 fully saturated rings. The Hall–Kier alpha value is -0.833. The van der Waals surface area contributed by atoms with Gasteiger partial charge in [-0.3, -0.25) is 0 Å². The SMILES string of the molecule is CC(C)(C)OC(=O)N1CCOC(CCO[Si](C)(C)C(C)(C)C)(c2ccc(Cl)c(Cl)c2)C1.CCO. The van der Waals surface area contributed by atoms with Gasteiger partial charge in [-0.15, -0.1) is 0 Å². The van der Waals surface area contributed by atoms with Crippen LogP contribution in [0.3, 0.4) is 0 Å². The number of halogens is 2. The second-order valence-electron chi connectivity index (χ2n) is 11.0. The average molecular weight is 537 g/mol. The van der Waals surface area contributed by atoms with Crippen LogP contribution in [0.15, 0.2) is 18.2 Å². The Kier molecular flexibility index (Phi) is 11.4. The van der Waals surface area contributed by atoms with E-state index >= 15 is 0 Å². The van der Waals surface area contributed by atoms with Gasteiger partial charge >= 0.3 is 6.09 Å². The van der Waals surface area contributed by atoms with Crippen molar-refractivity contribution in [3.8, 4) is 0 Å². The predicted octanol–water partition coefficient (Wildman–Crippen LogP) is 6.87. The van der Waals surface area contributed by atoms with E-state index in [1.807, 2.05) is 32.9 Å². The number of aliphatic hydroxyl groups is 1. The summed E-state index contributed by atoms with van der Waals surface area (Å²) >= 11 is 12.5. The van der Waals surface area contributed by atoms with Crippen LogP contribution in [-0.2, 0) is 19.5 Å². The number of carbonyl (C=O) groups is 1. The molecule has 0 aliphatic carbocycles. The highest BCUT2D eigenvalue weighted by atomic mass is 35.5. The number of benzene rings is 1. The standard InChI is InChI=1S/C23H37Cl2NO4Si.C2H6O/c1-21(2,3)30-20(27)26-12-14-28-23(16-26,17-9-10-18(24)19(25)15-17)11-13-29-31(7,8)22(4,5)6;1-2-3/h9-10,15H,11-14,16H2,1-8H3;3H,2H2,1H3. The summed E-state index contributed by atoms with van der Waals surface area (Å²) in [6, 6.07) is 5.51. The van der Waals surface area contributed by atoms with Crippen LogP contribution in [0.2, 0.25) is 28.2 Å². The van der Waals surface area contributed by atoms with E-state index in [2.05, 4.69) is 33.9 Å². The minimum atomic E-state index is -1.92. The number of nitrogens with zero attached hydrogens (tertiary/aromatic N) is 1. The van der Waals surface area contributed by atoms with Crippen molar-refractivity contribution in [3.63, 3.8) is 0 Å². The van der Waals surface area contributed by atoms with Gasteiger partial charge in [0.25, 0.3) is 0 Å². The van der Waals surface area contributed by atoms with Crippen LogP contribution in [0.4, 0.5) is 4.79 Å². The number of ether oxygens (including phenoxy) is 2. The molecule has 34 heavy (non-hydrogen) atoms. The second-order valence-corrected chi connectivity index (χ2v) is 16.7. The molecule has 1 atom stereocenters. The summed E-state index contributed by atoms with van der Waals surface area (Å²) in [5, 5.41) is 8.62. The van der Waals surface area contributed by atoms with E-state index < -0.39 is 19.5 Å². The summed E-state index contributed by atoms with van der Waals surface area (Å²) in [7, 11) is -1.92. The molecule has 2 rings (SSSR count). The summed E-state index contributed by atoms with van der Waals surface area (Å²) in [4.78, 5) is 14.5. The van der Waals surface area contributed by atoms with Crippen molar-refractivity contribution in [2.24, 2.45) is 0 Å². The van der Waals surface area contributed by atoms with E-state index in [-0.39, 0.29) is 17.7 Å². The topological polar surface area (TPSA) is 68.2 Å². The highest BCUT2D eigenvalue weighted by molar-refractivity contribution is 6.74. The lowest BCUT2D eigenvalue weighted by molar-refractivity contribution is -0.122.